The number of nitrogens with one attached hydrogen (secondary N) is 1. The fourth-order valence-electron chi connectivity index (χ4n) is 5.11. The first-order valence-electron chi connectivity index (χ1n) is 13.9. The number of pyridine rings is 1. The molecule has 3 heterocycles. The molecule has 0 bridgehead atoms. The fourth-order valence-corrected chi connectivity index (χ4v) is 10.1. The van der Waals surface area contributed by atoms with E-state index < -0.39 is 31.8 Å². The van der Waals surface area contributed by atoms with Gasteiger partial charge in [0.2, 0.25) is 5.82 Å². The number of halogens is 3. The van der Waals surface area contributed by atoms with Crippen LogP contribution in [0.3, 0.4) is 0 Å². The minimum Gasteiger partial charge on any atom is -0.497 e. The molecule has 5 aromatic rings. The summed E-state index contributed by atoms with van der Waals surface area (Å²) in [5.41, 5.74) is -2.71. The molecule has 1 atom stereocenters. The molecule has 0 radical (unpaired) electrons. The Bertz CT molecular complexity index is 2120. The van der Waals surface area contributed by atoms with Crippen molar-refractivity contribution < 1.29 is 39.5 Å². The van der Waals surface area contributed by atoms with Crippen LogP contribution in [0.5, 0.6) is 11.5 Å². The molecule has 0 saturated carbocycles. The van der Waals surface area contributed by atoms with Gasteiger partial charge in [-0.3, -0.25) is 4.79 Å². The van der Waals surface area contributed by atoms with E-state index in [0.717, 1.165) is 17.3 Å². The van der Waals surface area contributed by atoms with Gasteiger partial charge >= 0.3 is 15.6 Å². The van der Waals surface area contributed by atoms with Crippen molar-refractivity contribution in [2.24, 2.45) is 0 Å². The Hall–Kier alpha value is -5.13. The van der Waals surface area contributed by atoms with Gasteiger partial charge in [-0.05, 0) is 52.6 Å². The number of ether oxygens (including phenoxy) is 2. The molecular formula is C31H25F3N6O6S2. The van der Waals surface area contributed by atoms with Crippen LogP contribution in [0.25, 0.3) is 22.5 Å². The van der Waals surface area contributed by atoms with Crippen molar-refractivity contribution in [1.82, 2.24) is 30.7 Å². The molecule has 6 rings (SSSR count). The van der Waals surface area contributed by atoms with Crippen molar-refractivity contribution in [2.75, 3.05) is 14.2 Å². The number of fused-ring (bicyclic) bond motifs is 3. The average Bonchev–Trinajstić information content (AvgIpc) is 3.35. The Morgan fingerprint density at radius 3 is 2.27 bits per heavy atom. The van der Waals surface area contributed by atoms with Crippen LogP contribution in [0.4, 0.5) is 13.2 Å². The Balaban J connectivity index is 1.39. The summed E-state index contributed by atoms with van der Waals surface area (Å²) < 4.78 is 83.8. The number of carbonyl (C=O) groups excluding carboxylic acids is 1. The number of hydrogen-bond donors (Lipinski definition) is 1. The third-order valence-electron chi connectivity index (χ3n) is 7.35. The number of nitrogens with zero attached hydrogens (tertiary/aromatic N) is 5. The predicted octanol–water partition coefficient (Wildman–Crippen LogP) is 5.63. The van der Waals surface area contributed by atoms with Gasteiger partial charge in [0.05, 0.1) is 24.7 Å². The molecular weight excluding hydrogens is 674 g/mol. The van der Waals surface area contributed by atoms with Crippen LogP contribution in [0.2, 0.25) is 0 Å². The van der Waals surface area contributed by atoms with Gasteiger partial charge in [-0.2, -0.15) is 25.2 Å². The van der Waals surface area contributed by atoms with E-state index >= 15 is 0 Å². The van der Waals surface area contributed by atoms with E-state index in [2.05, 4.69) is 30.7 Å². The molecule has 17 heteroatoms. The first-order chi connectivity index (χ1) is 22.9. The van der Waals surface area contributed by atoms with Crippen LogP contribution in [0.1, 0.15) is 21.5 Å². The van der Waals surface area contributed by atoms with E-state index in [-0.39, 0.29) is 32.7 Å². The fraction of sp³-hybridized carbons (Fsp3) is 0.161. The Kier molecular flexibility index (Phi) is 8.52. The Morgan fingerprint density at radius 1 is 0.917 bits per heavy atom. The number of aromatic nitrogens is 5. The molecule has 0 saturated heterocycles. The van der Waals surface area contributed by atoms with E-state index in [1.807, 2.05) is 0 Å². The maximum atomic E-state index is 14.0. The standard InChI is InChI=1S/C31H25F3N6O6S2/c1-18-4-10-26-23(12-18)24-13-22(44-2)14-25(45-3)28(24)47(26,46-48(42,43)31(32,33)34)27-11-9-21(16-35-27)30(41)36-15-19-5-7-20(8-6-19)29-39-37-17-38-40-29/h4-14,16-17H,15H2,1-3H3,(H,36,41). The van der Waals surface area contributed by atoms with Gasteiger partial charge < -0.3 is 14.8 Å². The van der Waals surface area contributed by atoms with Gasteiger partial charge in [0.1, 0.15) is 16.5 Å². The second kappa shape index (κ2) is 12.5. The first kappa shape index (κ1) is 32.8. The predicted molar refractivity (Wildman–Crippen MR) is 167 cm³/mol. The van der Waals surface area contributed by atoms with Crippen LogP contribution in [-0.2, 0) is 20.3 Å². The quantitative estimate of drug-likeness (QED) is 0.191. The number of carbonyl (C=O) groups is 1. The summed E-state index contributed by atoms with van der Waals surface area (Å²) in [6, 6.07) is 17.5. The van der Waals surface area contributed by atoms with Gasteiger partial charge in [0.15, 0.2) is 6.33 Å². The van der Waals surface area contributed by atoms with E-state index in [1.54, 1.807) is 49.4 Å². The highest BCUT2D eigenvalue weighted by atomic mass is 32.3. The molecule has 48 heavy (non-hydrogen) atoms. The van der Waals surface area contributed by atoms with Crippen molar-refractivity contribution in [1.29, 1.82) is 0 Å². The number of hydrogen-bond acceptors (Lipinski definition) is 11. The van der Waals surface area contributed by atoms with Crippen LogP contribution in [0.15, 0.2) is 94.1 Å². The number of methoxy groups -OCH3 is 2. The highest BCUT2D eigenvalue weighted by molar-refractivity contribution is 8.33. The lowest BCUT2D eigenvalue weighted by Gasteiger charge is -2.36. The number of rotatable bonds is 9. The monoisotopic (exact) mass is 698 g/mol. The molecule has 1 aliphatic heterocycles. The van der Waals surface area contributed by atoms with Crippen LogP contribution < -0.4 is 14.8 Å². The summed E-state index contributed by atoms with van der Waals surface area (Å²) in [6.07, 6.45) is 2.37. The van der Waals surface area contributed by atoms with Crippen LogP contribution in [-0.4, -0.2) is 59.4 Å². The second-order valence-electron chi connectivity index (χ2n) is 10.4. The average molecular weight is 699 g/mol. The van der Waals surface area contributed by atoms with Crippen molar-refractivity contribution in [3.05, 3.63) is 95.9 Å². The zero-order valence-corrected chi connectivity index (χ0v) is 27.0. The normalized spacial score (nSPS) is 16.7. The molecule has 3 aromatic carbocycles. The summed E-state index contributed by atoms with van der Waals surface area (Å²) in [6.45, 7) is 1.92. The summed E-state index contributed by atoms with van der Waals surface area (Å²) in [5, 5.41) is 17.8. The van der Waals surface area contributed by atoms with Crippen LogP contribution >= 0.6 is 10.3 Å². The summed E-state index contributed by atoms with van der Waals surface area (Å²) >= 11 is 0. The molecule has 1 aliphatic rings. The van der Waals surface area contributed by atoms with Gasteiger partial charge in [0.25, 0.3) is 5.91 Å². The van der Waals surface area contributed by atoms with E-state index in [4.69, 9.17) is 13.1 Å². The maximum absolute atomic E-state index is 14.0. The lowest BCUT2D eigenvalue weighted by Crippen LogP contribution is -2.27. The van der Waals surface area contributed by atoms with Crippen molar-refractivity contribution in [3.8, 4) is 34.0 Å². The highest BCUT2D eigenvalue weighted by Gasteiger charge is 2.56. The van der Waals surface area contributed by atoms with Gasteiger partial charge in [-0.25, -0.2) is 4.98 Å². The third kappa shape index (κ3) is 5.80. The smallest absolute Gasteiger partial charge is 0.497 e. The van der Waals surface area contributed by atoms with Crippen molar-refractivity contribution in [3.63, 3.8) is 0 Å². The zero-order valence-electron chi connectivity index (χ0n) is 25.3. The van der Waals surface area contributed by atoms with Gasteiger partial charge in [-0.1, -0.05) is 42.0 Å². The molecule has 1 unspecified atom stereocenters. The molecule has 2 aromatic heterocycles. The number of aryl methyl sites for hydroxylation is 1. The number of benzene rings is 3. The SMILES string of the molecule is COc1cc(OC)c2c(c1)-c1cc(C)ccc1S2(OS(=O)(=O)C(F)(F)F)c1ccc(C(=O)NCc2ccc(-c3nncnn3)cc2)cn1. The lowest BCUT2D eigenvalue weighted by atomic mass is 10.0. The first-order valence-corrected chi connectivity index (χ1v) is 16.9. The van der Waals surface area contributed by atoms with Crippen LogP contribution in [0, 0.1) is 6.92 Å². The molecule has 0 fully saturated rings. The second-order valence-corrected chi connectivity index (χ2v) is 14.7. The van der Waals surface area contributed by atoms with Gasteiger partial charge in [-0.15, -0.1) is 20.4 Å². The molecule has 248 valence electrons. The topological polar surface area (TPSA) is 155 Å². The number of amides is 1. The largest absolute Gasteiger partial charge is 0.524 e. The Labute approximate surface area is 274 Å². The van der Waals surface area contributed by atoms with Gasteiger partial charge in [0, 0.05) is 34.8 Å². The molecule has 0 spiro atoms. The summed E-state index contributed by atoms with van der Waals surface area (Å²) in [4.78, 5) is 17.7. The highest BCUT2D eigenvalue weighted by Crippen LogP contribution is 2.79. The Morgan fingerprint density at radius 2 is 1.65 bits per heavy atom. The summed E-state index contributed by atoms with van der Waals surface area (Å²) in [5.74, 6) is 0.164. The number of alkyl halides is 3. The zero-order chi connectivity index (χ0) is 34.3. The molecule has 12 nitrogen and oxygen atoms in total. The minimum atomic E-state index is -6.19. The maximum Gasteiger partial charge on any atom is 0.524 e. The summed E-state index contributed by atoms with van der Waals surface area (Å²) in [7, 11) is -7.25. The minimum absolute atomic E-state index is 0.0339. The van der Waals surface area contributed by atoms with Crippen molar-refractivity contribution >= 4 is 26.3 Å². The lowest BCUT2D eigenvalue weighted by molar-refractivity contribution is -0.0496. The van der Waals surface area contributed by atoms with E-state index in [0.29, 0.717) is 28.3 Å². The van der Waals surface area contributed by atoms with Crippen molar-refractivity contribution in [2.45, 2.75) is 33.8 Å². The third-order valence-corrected chi connectivity index (χ3v) is 12.2. The molecule has 0 aliphatic carbocycles. The van der Waals surface area contributed by atoms with E-state index in [1.165, 1.54) is 44.8 Å². The molecule has 1 N–H and O–H groups in total. The van der Waals surface area contributed by atoms with E-state index in [9.17, 15) is 26.4 Å². The molecule has 1 amide bonds.